The molecule has 0 atom stereocenters. The van der Waals surface area contributed by atoms with Crippen LogP contribution in [0.4, 0.5) is 0 Å². The Morgan fingerprint density at radius 3 is 2.00 bits per heavy atom. The number of carbonyl (C=O) groups is 1. The molecule has 1 aromatic carbocycles. The van der Waals surface area contributed by atoms with Crippen molar-refractivity contribution in [2.75, 3.05) is 0 Å². The third-order valence-electron chi connectivity index (χ3n) is 3.25. The van der Waals surface area contributed by atoms with Crippen LogP contribution < -0.4 is 0 Å². The van der Waals surface area contributed by atoms with Crippen LogP contribution >= 0.6 is 0 Å². The van der Waals surface area contributed by atoms with Crippen molar-refractivity contribution in [2.24, 2.45) is 0 Å². The maximum atomic E-state index is 12.0. The molecule has 0 unspecified atom stereocenters. The van der Waals surface area contributed by atoms with Crippen molar-refractivity contribution in [1.82, 2.24) is 0 Å². The van der Waals surface area contributed by atoms with Gasteiger partial charge in [0.15, 0.2) is 0 Å². The van der Waals surface area contributed by atoms with Gasteiger partial charge in [0.05, 0.1) is 0 Å². The van der Waals surface area contributed by atoms with Crippen molar-refractivity contribution < 1.29 is 7.48 Å². The second-order valence-electron chi connectivity index (χ2n) is 4.00. The minimum absolute atomic E-state index is 0.118. The van der Waals surface area contributed by atoms with E-state index in [2.05, 4.69) is 20.8 Å². The zero-order chi connectivity index (χ0) is 12.0. The summed E-state index contributed by atoms with van der Waals surface area (Å²) >= 11 is -2.72. The van der Waals surface area contributed by atoms with Crippen molar-refractivity contribution in [2.45, 2.75) is 32.7 Å². The predicted molar refractivity (Wildman–Crippen MR) is 69.1 cm³/mol. The number of hydrogen-bond donors (Lipinski definition) is 0. The Morgan fingerprint density at radius 2 is 1.56 bits per heavy atom. The van der Waals surface area contributed by atoms with Crippen LogP contribution in [-0.2, 0) is 2.69 Å². The molecule has 0 aliphatic carbocycles. The van der Waals surface area contributed by atoms with Gasteiger partial charge in [-0.25, -0.2) is 0 Å². The van der Waals surface area contributed by atoms with E-state index in [4.69, 9.17) is 2.69 Å². The first-order valence-corrected chi connectivity index (χ1v) is 15.8. The molecule has 0 aromatic heterocycles. The Bertz CT molecular complexity index is 323. The molecule has 0 N–H and O–H groups in total. The summed E-state index contributed by atoms with van der Waals surface area (Å²) in [6.45, 7) is 6.48. The van der Waals surface area contributed by atoms with Gasteiger partial charge in [0, 0.05) is 0 Å². The van der Waals surface area contributed by atoms with Crippen LogP contribution in [0.1, 0.15) is 31.1 Å². The van der Waals surface area contributed by atoms with E-state index in [-0.39, 0.29) is 5.97 Å². The number of benzene rings is 1. The van der Waals surface area contributed by atoms with Crippen LogP contribution in [0.5, 0.6) is 0 Å². The van der Waals surface area contributed by atoms with E-state index < -0.39 is 21.6 Å². The summed E-state index contributed by atoms with van der Waals surface area (Å²) in [4.78, 5) is 12.0. The van der Waals surface area contributed by atoms with E-state index in [0.717, 1.165) is 11.9 Å². The molecule has 0 saturated carbocycles. The monoisotopic (exact) mass is 416 g/mol. The fourth-order valence-corrected chi connectivity index (χ4v) is 11.3. The van der Waals surface area contributed by atoms with Crippen LogP contribution in [0.15, 0.2) is 30.3 Å². The van der Waals surface area contributed by atoms with Gasteiger partial charge in [-0.1, -0.05) is 0 Å². The van der Waals surface area contributed by atoms with E-state index in [1.165, 1.54) is 0 Å². The Morgan fingerprint density at radius 1 is 1.06 bits per heavy atom. The van der Waals surface area contributed by atoms with Crippen LogP contribution in [-0.4, -0.2) is 27.6 Å². The summed E-state index contributed by atoms with van der Waals surface area (Å²) in [5.74, 6) is -0.118. The maximum absolute atomic E-state index is 12.0. The van der Waals surface area contributed by atoms with Crippen molar-refractivity contribution in [1.29, 1.82) is 0 Å². The summed E-state index contributed by atoms with van der Waals surface area (Å²) in [6, 6.07) is 9.30. The van der Waals surface area contributed by atoms with Gasteiger partial charge in [0.2, 0.25) is 0 Å². The molecule has 0 heterocycles. The Balaban J connectivity index is 2.77. The third-order valence-corrected chi connectivity index (χ3v) is 20.7. The summed E-state index contributed by atoms with van der Waals surface area (Å²) in [5, 5.41) is 0. The number of hydrogen-bond acceptors (Lipinski definition) is 2. The first kappa shape index (κ1) is 13.7. The molecule has 3 heteroatoms. The van der Waals surface area contributed by atoms with E-state index in [1.807, 2.05) is 30.3 Å². The van der Waals surface area contributed by atoms with Crippen molar-refractivity contribution in [3.63, 3.8) is 0 Å². The molecule has 0 bridgehead atoms. The van der Waals surface area contributed by atoms with Gasteiger partial charge in [-0.05, 0) is 0 Å². The molecule has 2 nitrogen and oxygen atoms in total. The normalized spacial score (nSPS) is 11.2. The Labute approximate surface area is 103 Å². The zero-order valence-electron chi connectivity index (χ0n) is 10.3. The number of carbonyl (C=O) groups excluding carboxylic acids is 1. The fraction of sp³-hybridized carbons (Fsp3) is 0.462. The topological polar surface area (TPSA) is 26.3 Å². The van der Waals surface area contributed by atoms with Gasteiger partial charge in [0.1, 0.15) is 0 Å². The Hall–Kier alpha value is -0.388. The average Bonchev–Trinajstić information content (AvgIpc) is 2.37. The van der Waals surface area contributed by atoms with E-state index >= 15 is 0 Å². The average molecular weight is 416 g/mol. The fourth-order valence-electron chi connectivity index (χ4n) is 1.80. The standard InChI is InChI=1S/C7H6O2.3C2H5.Pb/c8-7(9)6-4-2-1-3-5-6;3*1-2;/h1-5H,(H,8,9);3*1H2,2H3;/q;;;;+1/p-1. The Kier molecular flexibility index (Phi) is 5.45. The summed E-state index contributed by atoms with van der Waals surface area (Å²) in [7, 11) is 0. The number of rotatable bonds is 5. The zero-order valence-corrected chi connectivity index (χ0v) is 14.2. The molecule has 0 radical (unpaired) electrons. The van der Waals surface area contributed by atoms with E-state index in [9.17, 15) is 4.79 Å². The molecular weight excluding hydrogens is 395 g/mol. The van der Waals surface area contributed by atoms with Gasteiger partial charge >= 0.3 is 104 Å². The molecule has 1 aromatic rings. The molecule has 0 fully saturated rings. The van der Waals surface area contributed by atoms with Crippen LogP contribution in [0.25, 0.3) is 0 Å². The third kappa shape index (κ3) is 3.30. The quantitative estimate of drug-likeness (QED) is 0.683. The minimum atomic E-state index is -2.72. The van der Waals surface area contributed by atoms with Gasteiger partial charge in [-0.2, -0.15) is 0 Å². The van der Waals surface area contributed by atoms with Crippen molar-refractivity contribution >= 4 is 27.6 Å². The summed E-state index contributed by atoms with van der Waals surface area (Å²) in [5.41, 5.74) is 0.683. The molecule has 0 aliphatic rings. The predicted octanol–water partition coefficient (Wildman–Crippen LogP) is 3.85. The van der Waals surface area contributed by atoms with Crippen molar-refractivity contribution in [3.05, 3.63) is 35.9 Å². The van der Waals surface area contributed by atoms with Crippen molar-refractivity contribution in [3.8, 4) is 0 Å². The van der Waals surface area contributed by atoms with Crippen LogP contribution in [0, 0.1) is 0 Å². The molecule has 0 aliphatic heterocycles. The van der Waals surface area contributed by atoms with Gasteiger partial charge in [0.25, 0.3) is 0 Å². The first-order chi connectivity index (χ1) is 7.67. The van der Waals surface area contributed by atoms with Gasteiger partial charge < -0.3 is 0 Å². The second kappa shape index (κ2) is 6.37. The van der Waals surface area contributed by atoms with Crippen LogP contribution in [0.2, 0.25) is 11.9 Å². The first-order valence-electron chi connectivity index (χ1n) is 5.96. The molecule has 0 spiro atoms. The SMILES string of the molecule is C[CH2][Pb]([CH2]C)([CH2]C)[O]C(=O)c1ccccc1. The van der Waals surface area contributed by atoms with Crippen LogP contribution in [0.3, 0.4) is 0 Å². The van der Waals surface area contributed by atoms with E-state index in [0.29, 0.717) is 5.56 Å². The summed E-state index contributed by atoms with van der Waals surface area (Å²) < 4.78 is 9.10. The van der Waals surface area contributed by atoms with E-state index in [1.54, 1.807) is 0 Å². The molecule has 0 amide bonds. The molecule has 1 rings (SSSR count). The van der Waals surface area contributed by atoms with Gasteiger partial charge in [-0.3, -0.25) is 0 Å². The van der Waals surface area contributed by atoms with Gasteiger partial charge in [-0.15, -0.1) is 0 Å². The molecule has 88 valence electrons. The molecule has 0 saturated heterocycles. The molecule has 16 heavy (non-hydrogen) atoms. The molecular formula is C13H20O2Pb. The second-order valence-corrected chi connectivity index (χ2v) is 22.2. The summed E-state index contributed by atoms with van der Waals surface area (Å²) in [6.07, 6.45) is 0.